The average Bonchev–Trinajstić information content (AvgIpc) is 2.57. The Morgan fingerprint density at radius 2 is 2.14 bits per heavy atom. The van der Waals surface area contributed by atoms with Crippen molar-refractivity contribution in [2.45, 2.75) is 13.3 Å². The van der Waals surface area contributed by atoms with Crippen molar-refractivity contribution in [1.82, 2.24) is 9.99 Å². The van der Waals surface area contributed by atoms with Gasteiger partial charge in [-0.1, -0.05) is 29.8 Å². The molecule has 5 heteroatoms. The monoisotopic (exact) mass is 292 g/mol. The minimum absolute atomic E-state index is 0.219. The average molecular weight is 292 g/mol. The van der Waals surface area contributed by atoms with E-state index in [0.29, 0.717) is 5.56 Å². The number of carbonyl (C=O) groups is 1. The number of hydrogen-bond acceptors (Lipinski definition) is 4. The molecule has 0 saturated heterocycles. The molecule has 2 rings (SSSR count). The number of rotatable bonds is 5. The third-order valence-corrected chi connectivity index (χ3v) is 3.00. The van der Waals surface area contributed by atoms with Crippen LogP contribution in [0.5, 0.6) is 0 Å². The lowest BCUT2D eigenvalue weighted by atomic mass is 10.2. The van der Waals surface area contributed by atoms with Crippen molar-refractivity contribution in [2.24, 2.45) is 5.10 Å². The van der Waals surface area contributed by atoms with Crippen molar-refractivity contribution < 1.29 is 4.79 Å². The number of benzene rings is 1. The van der Waals surface area contributed by atoms with E-state index in [2.05, 4.69) is 10.1 Å². The normalized spacial score (nSPS) is 10.4. The third kappa shape index (κ3) is 4.25. The van der Waals surface area contributed by atoms with Crippen LogP contribution < -0.4 is 0 Å². The second-order valence-corrected chi connectivity index (χ2v) is 4.73. The molecule has 22 heavy (non-hydrogen) atoms. The summed E-state index contributed by atoms with van der Waals surface area (Å²) in [6.07, 6.45) is 4.93. The predicted octanol–water partition coefficient (Wildman–Crippen LogP) is 2.78. The Balaban J connectivity index is 2.17. The molecule has 0 aliphatic carbocycles. The van der Waals surface area contributed by atoms with Crippen molar-refractivity contribution in [1.29, 1.82) is 5.26 Å². The maximum absolute atomic E-state index is 12.4. The summed E-state index contributed by atoms with van der Waals surface area (Å²) >= 11 is 0. The van der Waals surface area contributed by atoms with Crippen LogP contribution in [0.3, 0.4) is 0 Å². The molecule has 1 aromatic carbocycles. The second kappa shape index (κ2) is 7.70. The highest BCUT2D eigenvalue weighted by Gasteiger charge is 2.14. The van der Waals surface area contributed by atoms with Crippen LogP contribution in [0, 0.1) is 18.3 Å². The Morgan fingerprint density at radius 3 is 2.77 bits per heavy atom. The first-order valence-corrected chi connectivity index (χ1v) is 6.90. The lowest BCUT2D eigenvalue weighted by molar-refractivity contribution is 0.0765. The summed E-state index contributed by atoms with van der Waals surface area (Å²) in [4.78, 5) is 16.3. The van der Waals surface area contributed by atoms with Crippen LogP contribution in [0.1, 0.15) is 27.9 Å². The molecule has 0 saturated carbocycles. The number of nitriles is 1. The summed E-state index contributed by atoms with van der Waals surface area (Å²) in [5.74, 6) is -0.272. The van der Waals surface area contributed by atoms with E-state index in [1.165, 1.54) is 11.2 Å². The van der Waals surface area contributed by atoms with Gasteiger partial charge in [-0.05, 0) is 24.6 Å². The topological polar surface area (TPSA) is 69.3 Å². The van der Waals surface area contributed by atoms with Gasteiger partial charge in [0.1, 0.15) is 0 Å². The number of nitrogens with zero attached hydrogens (tertiary/aromatic N) is 4. The van der Waals surface area contributed by atoms with Gasteiger partial charge in [-0.25, -0.2) is 5.01 Å². The van der Waals surface area contributed by atoms with E-state index in [9.17, 15) is 4.79 Å². The van der Waals surface area contributed by atoms with Gasteiger partial charge in [-0.15, -0.1) is 0 Å². The summed E-state index contributed by atoms with van der Waals surface area (Å²) in [5.41, 5.74) is 2.50. The highest BCUT2D eigenvalue weighted by atomic mass is 16.2. The molecule has 1 heterocycles. The number of aryl methyl sites for hydroxylation is 1. The molecule has 0 aliphatic rings. The minimum atomic E-state index is -0.272. The lowest BCUT2D eigenvalue weighted by Crippen LogP contribution is -2.27. The third-order valence-electron chi connectivity index (χ3n) is 3.00. The first kappa shape index (κ1) is 15.4. The van der Waals surface area contributed by atoms with Crippen LogP contribution in [0.2, 0.25) is 0 Å². The fraction of sp³-hybridized carbons (Fsp3) is 0.176. The van der Waals surface area contributed by atoms with E-state index in [-0.39, 0.29) is 18.9 Å². The van der Waals surface area contributed by atoms with E-state index in [1.807, 2.05) is 37.3 Å². The van der Waals surface area contributed by atoms with Crippen molar-refractivity contribution in [3.05, 3.63) is 65.5 Å². The van der Waals surface area contributed by atoms with Crippen LogP contribution in [0.15, 0.2) is 53.9 Å². The zero-order valence-corrected chi connectivity index (χ0v) is 12.3. The molecule has 0 atom stereocenters. The van der Waals surface area contributed by atoms with Gasteiger partial charge in [0, 0.05) is 12.4 Å². The smallest absolute Gasteiger partial charge is 0.267 e. The van der Waals surface area contributed by atoms with Crippen LogP contribution in [-0.2, 0) is 0 Å². The number of amides is 1. The van der Waals surface area contributed by atoms with Gasteiger partial charge in [0.25, 0.3) is 5.91 Å². The Kier molecular flexibility index (Phi) is 5.38. The molecule has 0 N–H and O–H groups in total. The molecule has 1 amide bonds. The number of hydrogen-bond donors (Lipinski definition) is 0. The number of hydrazone groups is 1. The molecule has 1 aromatic heterocycles. The van der Waals surface area contributed by atoms with Crippen molar-refractivity contribution in [3.8, 4) is 6.07 Å². The van der Waals surface area contributed by atoms with Crippen LogP contribution in [0.25, 0.3) is 0 Å². The Labute approximate surface area is 129 Å². The number of carbonyl (C=O) groups excluding carboxylic acids is 1. The molecule has 110 valence electrons. The highest BCUT2D eigenvalue weighted by molar-refractivity contribution is 5.94. The zero-order valence-electron chi connectivity index (χ0n) is 12.3. The SMILES string of the molecule is Cc1ccc(/C=N/N(CCC#N)C(=O)c2cccnc2)cc1. The molecule has 5 nitrogen and oxygen atoms in total. The first-order valence-electron chi connectivity index (χ1n) is 6.90. The van der Waals surface area contributed by atoms with Crippen LogP contribution in [0.4, 0.5) is 0 Å². The summed E-state index contributed by atoms with van der Waals surface area (Å²) in [7, 11) is 0. The molecule has 0 unspecified atom stereocenters. The molecule has 0 radical (unpaired) electrons. The summed E-state index contributed by atoms with van der Waals surface area (Å²) in [5, 5.41) is 14.2. The van der Waals surface area contributed by atoms with Crippen molar-refractivity contribution in [3.63, 3.8) is 0 Å². The molecular weight excluding hydrogens is 276 g/mol. The molecular formula is C17H16N4O. The zero-order chi connectivity index (χ0) is 15.8. The Hall–Kier alpha value is -3.00. The molecule has 0 spiro atoms. The van der Waals surface area contributed by atoms with E-state index in [4.69, 9.17) is 5.26 Å². The van der Waals surface area contributed by atoms with Crippen molar-refractivity contribution in [2.75, 3.05) is 6.54 Å². The van der Waals surface area contributed by atoms with E-state index in [1.54, 1.807) is 24.5 Å². The quantitative estimate of drug-likeness (QED) is 0.628. The molecule has 0 fully saturated rings. The summed E-state index contributed by atoms with van der Waals surface area (Å²) in [6.45, 7) is 2.25. The van der Waals surface area contributed by atoms with Crippen LogP contribution in [-0.4, -0.2) is 28.7 Å². The van der Waals surface area contributed by atoms with Crippen LogP contribution >= 0.6 is 0 Å². The van der Waals surface area contributed by atoms with Crippen molar-refractivity contribution >= 4 is 12.1 Å². The molecule has 0 bridgehead atoms. The van der Waals surface area contributed by atoms with E-state index in [0.717, 1.165) is 11.1 Å². The van der Waals surface area contributed by atoms with Gasteiger partial charge >= 0.3 is 0 Å². The van der Waals surface area contributed by atoms with Gasteiger partial charge in [0.15, 0.2) is 0 Å². The maximum Gasteiger partial charge on any atom is 0.275 e. The molecule has 0 aliphatic heterocycles. The highest BCUT2D eigenvalue weighted by Crippen LogP contribution is 2.06. The second-order valence-electron chi connectivity index (χ2n) is 4.73. The Morgan fingerprint density at radius 1 is 1.36 bits per heavy atom. The first-order chi connectivity index (χ1) is 10.7. The van der Waals surface area contributed by atoms with E-state index >= 15 is 0 Å². The molecule has 2 aromatic rings. The fourth-order valence-electron chi connectivity index (χ4n) is 1.79. The van der Waals surface area contributed by atoms with Gasteiger partial charge in [0.2, 0.25) is 0 Å². The predicted molar refractivity (Wildman–Crippen MR) is 84.3 cm³/mol. The number of aromatic nitrogens is 1. The standard InChI is InChI=1S/C17H16N4O/c1-14-5-7-15(8-6-14)12-20-21(11-3-9-18)17(22)16-4-2-10-19-13-16/h2,4-8,10,12-13H,3,11H2,1H3/b20-12+. The van der Waals surface area contributed by atoms with E-state index < -0.39 is 0 Å². The minimum Gasteiger partial charge on any atom is -0.267 e. The Bertz CT molecular complexity index is 687. The summed E-state index contributed by atoms with van der Waals surface area (Å²) < 4.78 is 0. The van der Waals surface area contributed by atoms with Gasteiger partial charge in [-0.2, -0.15) is 10.4 Å². The maximum atomic E-state index is 12.4. The number of pyridine rings is 1. The van der Waals surface area contributed by atoms with Gasteiger partial charge in [-0.3, -0.25) is 9.78 Å². The van der Waals surface area contributed by atoms with Gasteiger partial charge < -0.3 is 0 Å². The fourth-order valence-corrected chi connectivity index (χ4v) is 1.79. The lowest BCUT2D eigenvalue weighted by Gasteiger charge is -2.15. The van der Waals surface area contributed by atoms with Gasteiger partial charge in [0.05, 0.1) is 30.8 Å². The largest absolute Gasteiger partial charge is 0.275 e. The summed E-state index contributed by atoms with van der Waals surface area (Å²) in [6, 6.07) is 13.2.